The summed E-state index contributed by atoms with van der Waals surface area (Å²) in [6.07, 6.45) is -3.54. The first-order valence-electron chi connectivity index (χ1n) is 8.94. The van der Waals surface area contributed by atoms with E-state index in [-0.39, 0.29) is 16.7 Å². The van der Waals surface area contributed by atoms with Gasteiger partial charge in [-0.2, -0.15) is 13.2 Å². The Hall–Kier alpha value is -1.79. The molecule has 0 aliphatic carbocycles. The molecule has 1 aromatic heterocycles. The van der Waals surface area contributed by atoms with E-state index in [9.17, 15) is 18.3 Å². The summed E-state index contributed by atoms with van der Waals surface area (Å²) in [6.45, 7) is 12.5. The van der Waals surface area contributed by atoms with Crippen LogP contribution in [0.5, 0.6) is 5.75 Å². The maximum atomic E-state index is 13.0. The third-order valence-corrected chi connectivity index (χ3v) is 4.57. The number of aromatic hydroxyl groups is 1. The quantitative estimate of drug-likeness (QED) is 0.618. The van der Waals surface area contributed by atoms with Gasteiger partial charge in [0.2, 0.25) is 0 Å². The van der Waals surface area contributed by atoms with Crippen LogP contribution in [0.2, 0.25) is 5.02 Å². The number of phenolic OH excluding ortho intramolecular Hbond substituents is 1. The molecule has 0 spiro atoms. The molecule has 0 bridgehead atoms. The maximum absolute atomic E-state index is 13.0. The highest BCUT2D eigenvalue weighted by atomic mass is 35.5. The number of phenols is 1. The predicted octanol–water partition coefficient (Wildman–Crippen LogP) is 6.31. The van der Waals surface area contributed by atoms with Crippen molar-refractivity contribution in [3.63, 3.8) is 0 Å². The van der Waals surface area contributed by atoms with E-state index in [1.54, 1.807) is 6.07 Å². The second-order valence-corrected chi connectivity index (χ2v) is 9.34. The van der Waals surface area contributed by atoms with Crippen LogP contribution in [0, 0.1) is 0 Å². The Morgan fingerprint density at radius 2 is 1.64 bits per heavy atom. The number of nitrogens with zero attached hydrogens (tertiary/aromatic N) is 1. The molecule has 7 heteroatoms. The summed E-state index contributed by atoms with van der Waals surface area (Å²) in [6, 6.07) is 4.88. The highest BCUT2D eigenvalue weighted by Crippen LogP contribution is 2.40. The van der Waals surface area contributed by atoms with E-state index in [2.05, 4.69) is 10.3 Å². The summed E-state index contributed by atoms with van der Waals surface area (Å²) in [5.74, 6) is 0.00220. The lowest BCUT2D eigenvalue weighted by molar-refractivity contribution is -0.141. The van der Waals surface area contributed by atoms with Crippen molar-refractivity contribution in [2.75, 3.05) is 0 Å². The van der Waals surface area contributed by atoms with Gasteiger partial charge in [0.1, 0.15) is 5.75 Å². The molecular weight excluding hydrogens is 389 g/mol. The topological polar surface area (TPSA) is 45.2 Å². The van der Waals surface area contributed by atoms with Gasteiger partial charge in [0.05, 0.1) is 5.02 Å². The summed E-state index contributed by atoms with van der Waals surface area (Å²) in [5.41, 5.74) is 0.820. The summed E-state index contributed by atoms with van der Waals surface area (Å²) in [5, 5.41) is 13.6. The molecule has 0 amide bonds. The van der Waals surface area contributed by atoms with Crippen molar-refractivity contribution >= 4 is 11.6 Å². The molecule has 1 heterocycles. The Balaban J connectivity index is 2.61. The molecule has 0 radical (unpaired) electrons. The number of benzene rings is 1. The van der Waals surface area contributed by atoms with Crippen LogP contribution in [0.15, 0.2) is 24.4 Å². The number of alkyl halides is 3. The highest BCUT2D eigenvalue weighted by Gasteiger charge is 2.35. The first-order chi connectivity index (χ1) is 12.6. The Bertz CT molecular complexity index is 866. The third kappa shape index (κ3) is 5.39. The van der Waals surface area contributed by atoms with E-state index < -0.39 is 16.9 Å². The number of rotatable bonds is 3. The van der Waals surface area contributed by atoms with Gasteiger partial charge in [0.15, 0.2) is 5.69 Å². The van der Waals surface area contributed by atoms with Gasteiger partial charge in [0, 0.05) is 35.0 Å². The van der Waals surface area contributed by atoms with E-state index in [1.165, 1.54) is 6.07 Å². The average molecular weight is 415 g/mol. The first-order valence-corrected chi connectivity index (χ1v) is 9.32. The zero-order chi connectivity index (χ0) is 21.5. The van der Waals surface area contributed by atoms with Gasteiger partial charge in [-0.1, -0.05) is 38.4 Å². The Morgan fingerprint density at radius 1 is 1.04 bits per heavy atom. The van der Waals surface area contributed by atoms with Crippen LogP contribution in [-0.2, 0) is 18.1 Å². The zero-order valence-electron chi connectivity index (χ0n) is 16.9. The zero-order valence-corrected chi connectivity index (χ0v) is 17.7. The Kier molecular flexibility index (Phi) is 6.07. The summed E-state index contributed by atoms with van der Waals surface area (Å²) in [4.78, 5) is 3.49. The van der Waals surface area contributed by atoms with Gasteiger partial charge < -0.3 is 10.4 Å². The molecule has 2 N–H and O–H groups in total. The number of halogens is 4. The van der Waals surface area contributed by atoms with E-state index in [0.717, 1.165) is 11.8 Å². The van der Waals surface area contributed by atoms with E-state index in [1.807, 2.05) is 47.6 Å². The van der Waals surface area contributed by atoms with Crippen LogP contribution in [0.4, 0.5) is 13.2 Å². The molecule has 0 saturated heterocycles. The molecule has 0 saturated carbocycles. The molecule has 0 aliphatic rings. The summed E-state index contributed by atoms with van der Waals surface area (Å²) >= 11 is 5.83. The van der Waals surface area contributed by atoms with Crippen LogP contribution in [0.25, 0.3) is 11.1 Å². The number of nitrogens with one attached hydrogen (secondary N) is 1. The lowest BCUT2D eigenvalue weighted by Crippen LogP contribution is -2.35. The molecule has 0 atom stereocenters. The fourth-order valence-corrected chi connectivity index (χ4v) is 2.91. The third-order valence-electron chi connectivity index (χ3n) is 4.28. The van der Waals surface area contributed by atoms with Gasteiger partial charge >= 0.3 is 6.18 Å². The van der Waals surface area contributed by atoms with Gasteiger partial charge in [-0.15, -0.1) is 0 Å². The number of hydrogen-bond acceptors (Lipinski definition) is 3. The average Bonchev–Trinajstić information content (AvgIpc) is 2.50. The molecule has 3 nitrogen and oxygen atoms in total. The molecule has 0 fully saturated rings. The summed E-state index contributed by atoms with van der Waals surface area (Å²) < 4.78 is 38.9. The van der Waals surface area contributed by atoms with Crippen molar-refractivity contribution in [1.29, 1.82) is 0 Å². The second-order valence-electron chi connectivity index (χ2n) is 8.94. The molecule has 28 heavy (non-hydrogen) atoms. The standard InChI is InChI=1S/C21H26ClF3N2O/c1-19(2,3)14-7-13(11-27-20(4,5)6)17(28)15(9-14)12-8-16(22)18(26-10-12)21(23,24)25/h7-10,27-28H,11H2,1-6H3. The van der Waals surface area contributed by atoms with E-state index in [0.29, 0.717) is 23.2 Å². The maximum Gasteiger partial charge on any atom is 0.434 e. The molecule has 2 rings (SSSR count). The smallest absolute Gasteiger partial charge is 0.434 e. The monoisotopic (exact) mass is 414 g/mol. The Labute approximate surface area is 169 Å². The highest BCUT2D eigenvalue weighted by molar-refractivity contribution is 6.31. The fraction of sp³-hybridized carbons (Fsp3) is 0.476. The van der Waals surface area contributed by atoms with Crippen LogP contribution in [-0.4, -0.2) is 15.6 Å². The molecule has 154 valence electrons. The second kappa shape index (κ2) is 7.56. The van der Waals surface area contributed by atoms with Crippen molar-refractivity contribution in [2.45, 2.75) is 65.2 Å². The van der Waals surface area contributed by atoms with Crippen molar-refractivity contribution in [1.82, 2.24) is 10.3 Å². The van der Waals surface area contributed by atoms with E-state index >= 15 is 0 Å². The number of pyridine rings is 1. The van der Waals surface area contributed by atoms with Crippen molar-refractivity contribution in [3.8, 4) is 16.9 Å². The minimum Gasteiger partial charge on any atom is -0.507 e. The van der Waals surface area contributed by atoms with Gasteiger partial charge in [-0.3, -0.25) is 0 Å². The van der Waals surface area contributed by atoms with Crippen molar-refractivity contribution in [2.24, 2.45) is 0 Å². The lowest BCUT2D eigenvalue weighted by atomic mass is 9.83. The minimum atomic E-state index is -4.63. The lowest BCUT2D eigenvalue weighted by Gasteiger charge is -2.25. The molecule has 2 aromatic rings. The first kappa shape index (κ1) is 22.5. The Morgan fingerprint density at radius 3 is 2.11 bits per heavy atom. The number of hydrogen-bond donors (Lipinski definition) is 2. The molecule has 0 unspecified atom stereocenters. The van der Waals surface area contributed by atoms with Gasteiger partial charge in [-0.05, 0) is 43.9 Å². The molecule has 0 aliphatic heterocycles. The summed E-state index contributed by atoms with van der Waals surface area (Å²) in [7, 11) is 0. The fourth-order valence-electron chi connectivity index (χ4n) is 2.64. The van der Waals surface area contributed by atoms with Crippen LogP contribution in [0.3, 0.4) is 0 Å². The SMILES string of the molecule is CC(C)(C)NCc1cc(C(C)(C)C)cc(-c2cnc(C(F)(F)F)c(Cl)c2)c1O. The largest absolute Gasteiger partial charge is 0.507 e. The van der Waals surface area contributed by atoms with Crippen LogP contribution < -0.4 is 5.32 Å². The molecular formula is C21H26ClF3N2O. The van der Waals surface area contributed by atoms with Gasteiger partial charge in [-0.25, -0.2) is 4.98 Å². The predicted molar refractivity (Wildman–Crippen MR) is 107 cm³/mol. The van der Waals surface area contributed by atoms with Crippen molar-refractivity contribution < 1.29 is 18.3 Å². The molecule has 1 aromatic carbocycles. The normalized spacial score (nSPS) is 13.1. The van der Waals surface area contributed by atoms with Crippen LogP contribution >= 0.6 is 11.6 Å². The minimum absolute atomic E-state index is 0.00220. The van der Waals surface area contributed by atoms with Crippen molar-refractivity contribution in [3.05, 3.63) is 46.2 Å². The number of aromatic nitrogens is 1. The van der Waals surface area contributed by atoms with E-state index in [4.69, 9.17) is 11.6 Å². The van der Waals surface area contributed by atoms with Crippen LogP contribution in [0.1, 0.15) is 58.4 Å². The van der Waals surface area contributed by atoms with Gasteiger partial charge in [0.25, 0.3) is 0 Å².